The normalized spacial score (nSPS) is 14.6. The number of hydrogen-bond acceptors (Lipinski definition) is 3. The highest BCUT2D eigenvalue weighted by Gasteiger charge is 2.28. The minimum absolute atomic E-state index is 0.282. The number of amides is 1. The summed E-state index contributed by atoms with van der Waals surface area (Å²) < 4.78 is 5.41. The average Bonchev–Trinajstić information content (AvgIpc) is 2.69. The quantitative estimate of drug-likeness (QED) is 0.830. The first-order chi connectivity index (χ1) is 8.40. The van der Waals surface area contributed by atoms with Crippen molar-refractivity contribution in [3.8, 4) is 0 Å². The van der Waals surface area contributed by atoms with E-state index in [-0.39, 0.29) is 6.09 Å². The molecule has 1 aromatic rings. The molecule has 0 saturated carbocycles. The van der Waals surface area contributed by atoms with Gasteiger partial charge >= 0.3 is 6.09 Å². The summed E-state index contributed by atoms with van der Waals surface area (Å²) in [4.78, 5) is 13.8. The van der Waals surface area contributed by atoms with Crippen molar-refractivity contribution >= 4 is 11.8 Å². The fraction of sp³-hybridized carbons (Fsp3) is 0.500. The molecule has 0 aromatic heterocycles. The van der Waals surface area contributed by atoms with Gasteiger partial charge in [0.1, 0.15) is 5.60 Å². The maximum absolute atomic E-state index is 12.1. The summed E-state index contributed by atoms with van der Waals surface area (Å²) in [5, 5.41) is 0. The zero-order valence-corrected chi connectivity index (χ0v) is 11.2. The average molecular weight is 248 g/mol. The molecule has 0 aliphatic carbocycles. The summed E-state index contributed by atoms with van der Waals surface area (Å²) in [6, 6.07) is 6.03. The van der Waals surface area contributed by atoms with Crippen molar-refractivity contribution in [2.75, 3.05) is 11.4 Å². The van der Waals surface area contributed by atoms with Crippen LogP contribution < -0.4 is 10.6 Å². The van der Waals surface area contributed by atoms with Crippen LogP contribution in [0.5, 0.6) is 0 Å². The monoisotopic (exact) mass is 248 g/mol. The number of benzene rings is 1. The third kappa shape index (κ3) is 2.64. The number of rotatable bonds is 1. The molecule has 1 amide bonds. The van der Waals surface area contributed by atoms with E-state index in [2.05, 4.69) is 0 Å². The molecule has 0 bridgehead atoms. The minimum atomic E-state index is -0.467. The summed E-state index contributed by atoms with van der Waals surface area (Å²) in [6.07, 6.45) is 0.592. The zero-order chi connectivity index (χ0) is 13.3. The SMILES string of the molecule is CC(C)(C)OC(=O)N1CCc2ccc(CN)cc21. The number of carbonyl (C=O) groups is 1. The van der Waals surface area contributed by atoms with Crippen molar-refractivity contribution in [1.29, 1.82) is 0 Å². The molecule has 1 aliphatic rings. The van der Waals surface area contributed by atoms with Crippen molar-refractivity contribution in [2.45, 2.75) is 39.3 Å². The van der Waals surface area contributed by atoms with E-state index in [1.54, 1.807) is 4.90 Å². The number of fused-ring (bicyclic) bond motifs is 1. The molecule has 98 valence electrons. The number of nitrogens with zero attached hydrogens (tertiary/aromatic N) is 1. The maximum Gasteiger partial charge on any atom is 0.414 e. The first kappa shape index (κ1) is 12.9. The number of ether oxygens (including phenoxy) is 1. The highest BCUT2D eigenvalue weighted by Crippen LogP contribution is 2.30. The second-order valence-electron chi connectivity index (χ2n) is 5.55. The molecule has 4 nitrogen and oxygen atoms in total. The molecule has 1 heterocycles. The van der Waals surface area contributed by atoms with Gasteiger partial charge in [-0.3, -0.25) is 4.90 Å². The Kier molecular flexibility index (Phi) is 3.30. The number of carbonyl (C=O) groups excluding carboxylic acids is 1. The maximum atomic E-state index is 12.1. The van der Waals surface area contributed by atoms with E-state index in [0.29, 0.717) is 13.1 Å². The summed E-state index contributed by atoms with van der Waals surface area (Å²) in [5.41, 5.74) is 8.31. The van der Waals surface area contributed by atoms with Crippen LogP contribution >= 0.6 is 0 Å². The summed E-state index contributed by atoms with van der Waals surface area (Å²) in [7, 11) is 0. The summed E-state index contributed by atoms with van der Waals surface area (Å²) in [6.45, 7) is 6.78. The van der Waals surface area contributed by atoms with Crippen LogP contribution in [-0.2, 0) is 17.7 Å². The molecule has 0 saturated heterocycles. The number of nitrogens with two attached hydrogens (primary N) is 1. The van der Waals surface area contributed by atoms with Gasteiger partial charge in [0.05, 0.1) is 5.69 Å². The van der Waals surface area contributed by atoms with E-state index in [1.165, 1.54) is 5.56 Å². The first-order valence-electron chi connectivity index (χ1n) is 6.23. The Labute approximate surface area is 108 Å². The van der Waals surface area contributed by atoms with Crippen molar-refractivity contribution < 1.29 is 9.53 Å². The van der Waals surface area contributed by atoms with Crippen molar-refractivity contribution in [1.82, 2.24) is 0 Å². The predicted molar refractivity (Wildman–Crippen MR) is 71.6 cm³/mol. The molecule has 4 heteroatoms. The lowest BCUT2D eigenvalue weighted by molar-refractivity contribution is 0.0584. The van der Waals surface area contributed by atoms with Gasteiger partial charge in [0.15, 0.2) is 0 Å². The summed E-state index contributed by atoms with van der Waals surface area (Å²) >= 11 is 0. The van der Waals surface area contributed by atoms with Gasteiger partial charge < -0.3 is 10.5 Å². The van der Waals surface area contributed by atoms with Crippen molar-refractivity contribution in [3.63, 3.8) is 0 Å². The van der Waals surface area contributed by atoms with Gasteiger partial charge in [-0.2, -0.15) is 0 Å². The molecule has 1 aliphatic heterocycles. The van der Waals surface area contributed by atoms with Gasteiger partial charge in [0.2, 0.25) is 0 Å². The molecular formula is C14H20N2O2. The highest BCUT2D eigenvalue weighted by molar-refractivity contribution is 5.90. The van der Waals surface area contributed by atoms with Gasteiger partial charge in [-0.1, -0.05) is 12.1 Å². The fourth-order valence-corrected chi connectivity index (χ4v) is 2.06. The Morgan fingerprint density at radius 1 is 1.44 bits per heavy atom. The van der Waals surface area contributed by atoms with Crippen LogP contribution in [0, 0.1) is 0 Å². The predicted octanol–water partition coefficient (Wildman–Crippen LogP) is 2.44. The van der Waals surface area contributed by atoms with Gasteiger partial charge in [-0.25, -0.2) is 4.79 Å². The fourth-order valence-electron chi connectivity index (χ4n) is 2.06. The molecule has 2 rings (SSSR count). The standard InChI is InChI=1S/C14H20N2O2/c1-14(2,3)18-13(17)16-7-6-11-5-4-10(9-15)8-12(11)16/h4-5,8H,6-7,9,15H2,1-3H3. The van der Waals surface area contributed by atoms with E-state index in [4.69, 9.17) is 10.5 Å². The van der Waals surface area contributed by atoms with E-state index in [1.807, 2.05) is 39.0 Å². The molecule has 0 spiro atoms. The molecule has 2 N–H and O–H groups in total. The van der Waals surface area contributed by atoms with Crippen LogP contribution in [0.1, 0.15) is 31.9 Å². The second kappa shape index (κ2) is 4.61. The first-order valence-corrected chi connectivity index (χ1v) is 6.23. The Balaban J connectivity index is 2.22. The smallest absolute Gasteiger partial charge is 0.414 e. The zero-order valence-electron chi connectivity index (χ0n) is 11.2. The number of anilines is 1. The Hall–Kier alpha value is -1.55. The van der Waals surface area contributed by atoms with Crippen LogP contribution in [-0.4, -0.2) is 18.2 Å². The van der Waals surface area contributed by atoms with E-state index < -0.39 is 5.60 Å². The molecule has 18 heavy (non-hydrogen) atoms. The Bertz CT molecular complexity index is 463. The third-order valence-electron chi connectivity index (χ3n) is 2.89. The van der Waals surface area contributed by atoms with Crippen molar-refractivity contribution in [2.24, 2.45) is 5.73 Å². The molecule has 0 unspecified atom stereocenters. The topological polar surface area (TPSA) is 55.6 Å². The van der Waals surface area contributed by atoms with Crippen LogP contribution in [0.4, 0.5) is 10.5 Å². The molecule has 0 radical (unpaired) electrons. The van der Waals surface area contributed by atoms with Gasteiger partial charge in [-0.15, -0.1) is 0 Å². The highest BCUT2D eigenvalue weighted by atomic mass is 16.6. The molecular weight excluding hydrogens is 228 g/mol. The molecule has 0 fully saturated rings. The molecule has 1 aromatic carbocycles. The van der Waals surface area contributed by atoms with E-state index in [0.717, 1.165) is 17.7 Å². The third-order valence-corrected chi connectivity index (χ3v) is 2.89. The van der Waals surface area contributed by atoms with E-state index in [9.17, 15) is 4.79 Å². The van der Waals surface area contributed by atoms with Gasteiger partial charge in [0.25, 0.3) is 0 Å². The lowest BCUT2D eigenvalue weighted by atomic mass is 10.1. The van der Waals surface area contributed by atoms with Crippen LogP contribution in [0.25, 0.3) is 0 Å². The van der Waals surface area contributed by atoms with Crippen LogP contribution in [0.15, 0.2) is 18.2 Å². The van der Waals surface area contributed by atoms with Crippen LogP contribution in [0.3, 0.4) is 0 Å². The molecule has 0 atom stereocenters. The van der Waals surface area contributed by atoms with E-state index >= 15 is 0 Å². The Morgan fingerprint density at radius 3 is 2.78 bits per heavy atom. The number of hydrogen-bond donors (Lipinski definition) is 1. The largest absolute Gasteiger partial charge is 0.443 e. The Morgan fingerprint density at radius 2 is 2.17 bits per heavy atom. The second-order valence-corrected chi connectivity index (χ2v) is 5.55. The lowest BCUT2D eigenvalue weighted by Crippen LogP contribution is -2.35. The van der Waals surface area contributed by atoms with Gasteiger partial charge in [0, 0.05) is 13.1 Å². The van der Waals surface area contributed by atoms with Crippen LogP contribution in [0.2, 0.25) is 0 Å². The lowest BCUT2D eigenvalue weighted by Gasteiger charge is -2.25. The van der Waals surface area contributed by atoms with Crippen molar-refractivity contribution in [3.05, 3.63) is 29.3 Å². The van der Waals surface area contributed by atoms with Gasteiger partial charge in [-0.05, 0) is 44.4 Å². The minimum Gasteiger partial charge on any atom is -0.443 e. The summed E-state index contributed by atoms with van der Waals surface area (Å²) in [5.74, 6) is 0.